The van der Waals surface area contributed by atoms with Crippen molar-refractivity contribution in [1.82, 2.24) is 0 Å². The lowest BCUT2D eigenvalue weighted by atomic mass is 9.96. The molecule has 3 nitrogen and oxygen atoms in total. The molecule has 0 heterocycles. The van der Waals surface area contributed by atoms with E-state index in [1.165, 1.54) is 18.2 Å². The third kappa shape index (κ3) is 4.85. The zero-order valence-corrected chi connectivity index (χ0v) is 15.2. The summed E-state index contributed by atoms with van der Waals surface area (Å²) in [5.74, 6) is -6.73. The Hall–Kier alpha value is -2.42. The summed E-state index contributed by atoms with van der Waals surface area (Å²) in [4.78, 5) is 11.0. The minimum absolute atomic E-state index is 0.0567. The number of halogens is 6. The summed E-state index contributed by atoms with van der Waals surface area (Å²) in [5.41, 5.74) is -0.412. The SMILES string of the molecule is COc1c(F)cc(C(/C=C/c2ccc(C(=O)O)c(Br)c2)C(F)(F)F)cc1F. The smallest absolute Gasteiger partial charge is 0.399 e. The van der Waals surface area contributed by atoms with E-state index in [9.17, 15) is 26.7 Å². The summed E-state index contributed by atoms with van der Waals surface area (Å²) >= 11 is 3.02. The van der Waals surface area contributed by atoms with E-state index in [0.717, 1.165) is 19.3 Å². The Labute approximate surface area is 159 Å². The Bertz CT molecular complexity index is 870. The van der Waals surface area contributed by atoms with Crippen LogP contribution >= 0.6 is 15.9 Å². The first kappa shape index (κ1) is 20.9. The van der Waals surface area contributed by atoms with E-state index >= 15 is 0 Å². The molecule has 2 aromatic rings. The van der Waals surface area contributed by atoms with Crippen molar-refractivity contribution in [3.05, 3.63) is 69.2 Å². The van der Waals surface area contributed by atoms with Gasteiger partial charge in [0, 0.05) is 4.47 Å². The molecule has 0 saturated carbocycles. The van der Waals surface area contributed by atoms with Crippen LogP contribution in [-0.2, 0) is 0 Å². The minimum atomic E-state index is -4.80. The number of hydrogen-bond donors (Lipinski definition) is 1. The number of allylic oxidation sites excluding steroid dienone is 1. The Kier molecular flexibility index (Phi) is 6.25. The molecule has 27 heavy (non-hydrogen) atoms. The zero-order valence-electron chi connectivity index (χ0n) is 13.7. The second-order valence-corrected chi connectivity index (χ2v) is 6.29. The summed E-state index contributed by atoms with van der Waals surface area (Å²) < 4.78 is 72.4. The molecule has 0 fully saturated rings. The van der Waals surface area contributed by atoms with E-state index in [1.54, 1.807) is 0 Å². The molecule has 2 rings (SSSR count). The maximum absolute atomic E-state index is 13.8. The molecular formula is C18H12BrF5O3. The minimum Gasteiger partial charge on any atom is -0.491 e. The van der Waals surface area contributed by atoms with Gasteiger partial charge in [0.15, 0.2) is 17.4 Å². The molecular weight excluding hydrogens is 439 g/mol. The van der Waals surface area contributed by atoms with Crippen molar-refractivity contribution in [2.45, 2.75) is 12.1 Å². The second kappa shape index (κ2) is 8.08. The molecule has 1 unspecified atom stereocenters. The molecule has 0 aliphatic rings. The normalized spacial score (nSPS) is 13.0. The number of benzene rings is 2. The van der Waals surface area contributed by atoms with Gasteiger partial charge in [-0.2, -0.15) is 13.2 Å². The molecule has 0 bridgehead atoms. The number of ether oxygens (including phenoxy) is 1. The number of carboxylic acids is 1. The highest BCUT2D eigenvalue weighted by atomic mass is 79.9. The van der Waals surface area contributed by atoms with Crippen molar-refractivity contribution in [2.75, 3.05) is 7.11 Å². The quantitative estimate of drug-likeness (QED) is 0.586. The highest BCUT2D eigenvalue weighted by Gasteiger charge is 2.39. The Morgan fingerprint density at radius 1 is 1.19 bits per heavy atom. The lowest BCUT2D eigenvalue weighted by Crippen LogP contribution is -2.19. The fraction of sp³-hybridized carbons (Fsp3) is 0.167. The van der Waals surface area contributed by atoms with Gasteiger partial charge < -0.3 is 9.84 Å². The molecule has 0 aliphatic carbocycles. The second-order valence-electron chi connectivity index (χ2n) is 5.44. The number of carboxylic acid groups (broad SMARTS) is 1. The molecule has 0 saturated heterocycles. The van der Waals surface area contributed by atoms with Crippen LogP contribution in [0.4, 0.5) is 22.0 Å². The number of methoxy groups -OCH3 is 1. The van der Waals surface area contributed by atoms with Gasteiger partial charge in [-0.15, -0.1) is 0 Å². The van der Waals surface area contributed by atoms with Gasteiger partial charge in [0.25, 0.3) is 0 Å². The molecule has 1 N–H and O–H groups in total. The van der Waals surface area contributed by atoms with Crippen LogP contribution in [0.1, 0.15) is 27.4 Å². The average Bonchev–Trinajstić information content (AvgIpc) is 2.53. The van der Waals surface area contributed by atoms with Crippen LogP contribution in [0.3, 0.4) is 0 Å². The molecule has 2 aromatic carbocycles. The topological polar surface area (TPSA) is 46.5 Å². The number of aromatic carboxylic acids is 1. The Morgan fingerprint density at radius 3 is 2.22 bits per heavy atom. The zero-order chi connectivity index (χ0) is 20.4. The third-order valence-corrected chi connectivity index (χ3v) is 4.30. The predicted molar refractivity (Wildman–Crippen MR) is 91.8 cm³/mol. The van der Waals surface area contributed by atoms with Gasteiger partial charge in [0.1, 0.15) is 0 Å². The van der Waals surface area contributed by atoms with Crippen LogP contribution in [0.5, 0.6) is 5.75 Å². The lowest BCUT2D eigenvalue weighted by Gasteiger charge is -2.18. The summed E-state index contributed by atoms with van der Waals surface area (Å²) in [5, 5.41) is 8.95. The van der Waals surface area contributed by atoms with Gasteiger partial charge in [0.2, 0.25) is 0 Å². The molecule has 0 amide bonds. The fourth-order valence-electron chi connectivity index (χ4n) is 2.38. The lowest BCUT2D eigenvalue weighted by molar-refractivity contribution is -0.139. The monoisotopic (exact) mass is 450 g/mol. The Balaban J connectivity index is 2.43. The molecule has 9 heteroatoms. The van der Waals surface area contributed by atoms with Gasteiger partial charge in [0.05, 0.1) is 18.6 Å². The van der Waals surface area contributed by atoms with Crippen LogP contribution in [0, 0.1) is 11.6 Å². The maximum Gasteiger partial charge on any atom is 0.399 e. The number of carbonyl (C=O) groups is 1. The molecule has 0 aromatic heterocycles. The van der Waals surface area contributed by atoms with Crippen molar-refractivity contribution >= 4 is 28.0 Å². The third-order valence-electron chi connectivity index (χ3n) is 3.64. The van der Waals surface area contributed by atoms with Crippen LogP contribution in [0.2, 0.25) is 0 Å². The Morgan fingerprint density at radius 2 is 1.78 bits per heavy atom. The van der Waals surface area contributed by atoms with Crippen molar-refractivity contribution in [3.63, 3.8) is 0 Å². The standard InChI is InChI=1S/C18H12BrF5O3/c1-27-16-14(20)7-10(8-15(16)21)12(18(22,23)24)5-3-9-2-4-11(17(25)26)13(19)6-9/h2-8,12H,1H3,(H,25,26)/b5-3+. The van der Waals surface area contributed by atoms with Gasteiger partial charge in [-0.1, -0.05) is 18.2 Å². The van der Waals surface area contributed by atoms with Crippen molar-refractivity contribution in [3.8, 4) is 5.75 Å². The van der Waals surface area contributed by atoms with E-state index in [2.05, 4.69) is 20.7 Å². The first-order valence-electron chi connectivity index (χ1n) is 7.35. The van der Waals surface area contributed by atoms with Gasteiger partial charge in [-0.3, -0.25) is 0 Å². The van der Waals surface area contributed by atoms with Crippen LogP contribution in [0.25, 0.3) is 6.08 Å². The van der Waals surface area contributed by atoms with Crippen LogP contribution < -0.4 is 4.74 Å². The number of alkyl halides is 3. The molecule has 0 aliphatic heterocycles. The van der Waals surface area contributed by atoms with Crippen molar-refractivity contribution < 1.29 is 36.6 Å². The first-order chi connectivity index (χ1) is 12.5. The van der Waals surface area contributed by atoms with Crippen molar-refractivity contribution in [2.24, 2.45) is 0 Å². The predicted octanol–water partition coefficient (Wildman–Crippen LogP) is 5.79. The van der Waals surface area contributed by atoms with Gasteiger partial charge in [-0.25, -0.2) is 13.6 Å². The number of hydrogen-bond acceptors (Lipinski definition) is 2. The maximum atomic E-state index is 13.8. The van der Waals surface area contributed by atoms with E-state index in [4.69, 9.17) is 5.11 Å². The van der Waals surface area contributed by atoms with E-state index in [0.29, 0.717) is 12.1 Å². The largest absolute Gasteiger partial charge is 0.491 e. The van der Waals surface area contributed by atoms with Crippen LogP contribution in [-0.4, -0.2) is 24.4 Å². The summed E-state index contributed by atoms with van der Waals surface area (Å²) in [6.45, 7) is 0. The fourth-order valence-corrected chi connectivity index (χ4v) is 2.95. The summed E-state index contributed by atoms with van der Waals surface area (Å²) in [7, 11) is 1.00. The van der Waals surface area contributed by atoms with Gasteiger partial charge in [-0.05, 0) is 51.3 Å². The highest BCUT2D eigenvalue weighted by molar-refractivity contribution is 9.10. The van der Waals surface area contributed by atoms with Gasteiger partial charge >= 0.3 is 12.1 Å². The average molecular weight is 451 g/mol. The van der Waals surface area contributed by atoms with E-state index < -0.39 is 41.0 Å². The van der Waals surface area contributed by atoms with E-state index in [1.807, 2.05) is 0 Å². The molecule has 0 radical (unpaired) electrons. The summed E-state index contributed by atoms with van der Waals surface area (Å²) in [6, 6.07) is 4.99. The van der Waals surface area contributed by atoms with E-state index in [-0.39, 0.29) is 15.6 Å². The van der Waals surface area contributed by atoms with Crippen LogP contribution in [0.15, 0.2) is 40.9 Å². The first-order valence-corrected chi connectivity index (χ1v) is 8.14. The highest BCUT2D eigenvalue weighted by Crippen LogP contribution is 2.38. The molecule has 0 spiro atoms. The molecule has 1 atom stereocenters. The summed E-state index contributed by atoms with van der Waals surface area (Å²) in [6.07, 6.45) is -2.97. The number of rotatable bonds is 5. The van der Waals surface area contributed by atoms with Crippen molar-refractivity contribution in [1.29, 1.82) is 0 Å². The molecule has 144 valence electrons.